The van der Waals surface area contributed by atoms with Gasteiger partial charge in [-0.05, 0) is 26.7 Å². The third kappa shape index (κ3) is 4.12. The van der Waals surface area contributed by atoms with E-state index in [-0.39, 0.29) is 22.7 Å². The lowest BCUT2D eigenvalue weighted by Gasteiger charge is -2.24. The van der Waals surface area contributed by atoms with Crippen molar-refractivity contribution in [2.45, 2.75) is 32.7 Å². The minimum atomic E-state index is -0.437. The van der Waals surface area contributed by atoms with Crippen LogP contribution in [0.1, 0.15) is 46.4 Å². The van der Waals surface area contributed by atoms with Crippen LogP contribution < -0.4 is 15.1 Å². The molecule has 0 unspecified atom stereocenters. The monoisotopic (exact) mass is 492 g/mol. The Labute approximate surface area is 201 Å². The molecule has 33 heavy (non-hydrogen) atoms. The average molecular weight is 493 g/mol. The molecule has 0 bridgehead atoms. The molecule has 3 fully saturated rings. The number of carbonyl (C=O) groups excluding carboxylic acids is 2. The number of halogens is 2. The fourth-order valence-corrected chi connectivity index (χ4v) is 5.25. The van der Waals surface area contributed by atoms with Gasteiger partial charge >= 0.3 is 5.97 Å². The van der Waals surface area contributed by atoms with Gasteiger partial charge < -0.3 is 24.8 Å². The second-order valence-electron chi connectivity index (χ2n) is 8.81. The van der Waals surface area contributed by atoms with Crippen LogP contribution >= 0.6 is 23.2 Å². The van der Waals surface area contributed by atoms with Gasteiger partial charge in [-0.3, -0.25) is 4.79 Å². The summed E-state index contributed by atoms with van der Waals surface area (Å²) in [6, 6.07) is 1.79. The molecular formula is C22H26Cl2N6O3. The smallest absolute Gasteiger partial charge is 0.357 e. The van der Waals surface area contributed by atoms with Crippen LogP contribution in [0.2, 0.25) is 10.0 Å². The van der Waals surface area contributed by atoms with Crippen LogP contribution in [0.5, 0.6) is 0 Å². The van der Waals surface area contributed by atoms with Crippen LogP contribution in [0.3, 0.4) is 0 Å². The van der Waals surface area contributed by atoms with Crippen molar-refractivity contribution in [1.82, 2.24) is 20.3 Å². The van der Waals surface area contributed by atoms with Crippen molar-refractivity contribution in [2.24, 2.45) is 11.8 Å². The number of nitrogens with one attached hydrogen (secondary N) is 2. The number of aryl methyl sites for hydroxylation is 1. The third-order valence-electron chi connectivity index (χ3n) is 6.67. The molecule has 2 aromatic heterocycles. The molecule has 1 aliphatic carbocycles. The number of amides is 1. The van der Waals surface area contributed by atoms with Gasteiger partial charge in [-0.2, -0.15) is 4.98 Å². The maximum Gasteiger partial charge on any atom is 0.357 e. The van der Waals surface area contributed by atoms with E-state index in [2.05, 4.69) is 25.1 Å². The number of hydrogen-bond acceptors (Lipinski definition) is 7. The van der Waals surface area contributed by atoms with Gasteiger partial charge in [0, 0.05) is 55.8 Å². The van der Waals surface area contributed by atoms with Crippen molar-refractivity contribution in [3.63, 3.8) is 0 Å². The van der Waals surface area contributed by atoms with E-state index in [1.165, 1.54) is 0 Å². The Hall–Kier alpha value is -2.52. The van der Waals surface area contributed by atoms with Crippen LogP contribution in [-0.4, -0.2) is 65.7 Å². The van der Waals surface area contributed by atoms with Gasteiger partial charge in [0.05, 0.1) is 16.7 Å². The molecule has 11 heteroatoms. The van der Waals surface area contributed by atoms with Gasteiger partial charge in [0.25, 0.3) is 5.91 Å². The molecule has 2 aromatic rings. The summed E-state index contributed by atoms with van der Waals surface area (Å²) >= 11 is 12.3. The lowest BCUT2D eigenvalue weighted by atomic mass is 10.3. The third-order valence-corrected chi connectivity index (χ3v) is 7.62. The van der Waals surface area contributed by atoms with Gasteiger partial charge in [-0.25, -0.2) is 9.78 Å². The van der Waals surface area contributed by atoms with E-state index < -0.39 is 5.97 Å². The minimum absolute atomic E-state index is 0.0802. The Morgan fingerprint density at radius 3 is 2.45 bits per heavy atom. The second kappa shape index (κ2) is 8.68. The van der Waals surface area contributed by atoms with E-state index in [1.54, 1.807) is 19.9 Å². The molecule has 3 aliphatic rings. The molecular weight excluding hydrogens is 467 g/mol. The maximum absolute atomic E-state index is 12.7. The van der Waals surface area contributed by atoms with Crippen molar-refractivity contribution >= 4 is 46.8 Å². The van der Waals surface area contributed by atoms with E-state index in [1.807, 2.05) is 0 Å². The largest absolute Gasteiger partial charge is 0.461 e. The highest BCUT2D eigenvalue weighted by Crippen LogP contribution is 2.47. The Kier molecular flexibility index (Phi) is 5.86. The van der Waals surface area contributed by atoms with Crippen LogP contribution in [0.25, 0.3) is 0 Å². The Balaban J connectivity index is 1.28. The number of rotatable bonds is 6. The summed E-state index contributed by atoms with van der Waals surface area (Å²) in [5.74, 6) is 1.25. The molecule has 2 aliphatic heterocycles. The lowest BCUT2D eigenvalue weighted by Crippen LogP contribution is -2.35. The van der Waals surface area contributed by atoms with Crippen LogP contribution in [0.4, 0.5) is 11.8 Å². The highest BCUT2D eigenvalue weighted by Gasteiger charge is 2.57. The van der Waals surface area contributed by atoms with Crippen molar-refractivity contribution in [3.8, 4) is 0 Å². The van der Waals surface area contributed by atoms with Crippen molar-refractivity contribution in [1.29, 1.82) is 0 Å². The van der Waals surface area contributed by atoms with E-state index >= 15 is 0 Å². The number of aromatic amines is 1. The Morgan fingerprint density at radius 2 is 1.85 bits per heavy atom. The van der Waals surface area contributed by atoms with Gasteiger partial charge in [0.2, 0.25) is 5.95 Å². The summed E-state index contributed by atoms with van der Waals surface area (Å²) in [6.07, 6.45) is 2.18. The van der Waals surface area contributed by atoms with Crippen LogP contribution in [0.15, 0.2) is 6.07 Å². The van der Waals surface area contributed by atoms with Gasteiger partial charge in [-0.15, -0.1) is 0 Å². The molecule has 176 valence electrons. The topological polar surface area (TPSA) is 103 Å². The first-order valence-electron chi connectivity index (χ1n) is 11.3. The average Bonchev–Trinajstić information content (AvgIpc) is 3.28. The fraction of sp³-hybridized carbons (Fsp3) is 0.545. The summed E-state index contributed by atoms with van der Waals surface area (Å²) in [5, 5.41) is 3.70. The molecule has 2 N–H and O–H groups in total. The van der Waals surface area contributed by atoms with Crippen molar-refractivity contribution in [3.05, 3.63) is 33.2 Å². The molecule has 5 rings (SSSR count). The number of carbonyl (C=O) groups is 2. The quantitative estimate of drug-likeness (QED) is 0.597. The highest BCUT2D eigenvalue weighted by molar-refractivity contribution is 6.44. The second-order valence-corrected chi connectivity index (χ2v) is 9.57. The molecule has 0 radical (unpaired) electrons. The Bertz CT molecular complexity index is 1090. The zero-order chi connectivity index (χ0) is 23.3. The standard InChI is InChI=1S/C22H26Cl2N6O3/c1-3-33-21(32)14-8-15(27-22(26-14)29-6-4-5-7-29)30-9-12-13(10-30)18(12)28-20(31)19-17(24)16(23)11(2)25-19/h8,12-13,18,25H,3-7,9-10H2,1-2H3,(H,28,31)/t12-,13+,18-. The zero-order valence-electron chi connectivity index (χ0n) is 18.5. The molecule has 9 nitrogen and oxygen atoms in total. The summed E-state index contributed by atoms with van der Waals surface area (Å²) in [7, 11) is 0. The number of aromatic nitrogens is 3. The van der Waals surface area contributed by atoms with E-state index in [0.717, 1.165) is 44.8 Å². The van der Waals surface area contributed by atoms with Crippen molar-refractivity contribution in [2.75, 3.05) is 42.6 Å². The first-order chi connectivity index (χ1) is 15.9. The van der Waals surface area contributed by atoms with Gasteiger partial charge in [0.1, 0.15) is 11.5 Å². The number of nitrogens with zero attached hydrogens (tertiary/aromatic N) is 4. The normalized spacial score (nSPS) is 23.6. The van der Waals surface area contributed by atoms with E-state index in [0.29, 0.717) is 40.8 Å². The molecule has 3 atom stereocenters. The van der Waals surface area contributed by atoms with Gasteiger partial charge in [0.15, 0.2) is 5.69 Å². The number of ether oxygens (including phenoxy) is 1. The predicted molar refractivity (Wildman–Crippen MR) is 125 cm³/mol. The summed E-state index contributed by atoms with van der Waals surface area (Å²) < 4.78 is 5.18. The molecule has 1 amide bonds. The number of esters is 1. The fourth-order valence-electron chi connectivity index (χ4n) is 4.83. The SMILES string of the molecule is CCOC(=O)c1cc(N2C[C@@H]3[C@H](C2)[C@@H]3NC(=O)c2[nH]c(C)c(Cl)c2Cl)nc(N2CCCC2)n1. The van der Waals surface area contributed by atoms with Crippen LogP contribution in [0, 0.1) is 18.8 Å². The first kappa shape index (κ1) is 22.3. The lowest BCUT2D eigenvalue weighted by molar-refractivity contribution is 0.0519. The highest BCUT2D eigenvalue weighted by atomic mass is 35.5. The van der Waals surface area contributed by atoms with Crippen LogP contribution in [-0.2, 0) is 4.74 Å². The summed E-state index contributed by atoms with van der Waals surface area (Å²) in [5.41, 5.74) is 1.25. The zero-order valence-corrected chi connectivity index (χ0v) is 20.0. The summed E-state index contributed by atoms with van der Waals surface area (Å²) in [4.78, 5) is 41.5. The molecule has 2 saturated heterocycles. The van der Waals surface area contributed by atoms with Gasteiger partial charge in [-0.1, -0.05) is 23.2 Å². The van der Waals surface area contributed by atoms with Crippen molar-refractivity contribution < 1.29 is 14.3 Å². The molecule has 4 heterocycles. The number of hydrogen-bond donors (Lipinski definition) is 2. The maximum atomic E-state index is 12.7. The molecule has 0 aromatic carbocycles. The molecule has 1 saturated carbocycles. The van der Waals surface area contributed by atoms with E-state index in [9.17, 15) is 9.59 Å². The number of fused-ring (bicyclic) bond motifs is 1. The predicted octanol–water partition coefficient (Wildman–Crippen LogP) is 3.06. The number of H-pyrrole nitrogens is 1. The number of anilines is 2. The Morgan fingerprint density at radius 1 is 1.15 bits per heavy atom. The first-order valence-corrected chi connectivity index (χ1v) is 12.0. The molecule has 0 spiro atoms. The summed E-state index contributed by atoms with van der Waals surface area (Å²) in [6.45, 7) is 7.10. The minimum Gasteiger partial charge on any atom is -0.461 e. The number of piperidine rings is 1. The van der Waals surface area contributed by atoms with E-state index in [4.69, 9.17) is 32.9 Å².